The summed E-state index contributed by atoms with van der Waals surface area (Å²) < 4.78 is 45.5. The Labute approximate surface area is 180 Å². The van der Waals surface area contributed by atoms with Crippen molar-refractivity contribution in [2.45, 2.75) is 24.0 Å². The number of hydrogen-bond acceptors (Lipinski definition) is 5. The standard InChI is InChI=1S/C21H24FN3O5S/c22-17-9-7-16(8-10-17)11-12-23-20(26)21(27)24-15-19-25(13-4-14-30-19)31(28,29)18-5-2-1-3-6-18/h1-3,5-10,19H,4,11-15H2,(H,23,26)(H,24,27). The molecule has 2 aromatic carbocycles. The zero-order valence-corrected chi connectivity index (χ0v) is 17.6. The van der Waals surface area contributed by atoms with Gasteiger partial charge in [-0.25, -0.2) is 12.8 Å². The number of sulfonamides is 1. The van der Waals surface area contributed by atoms with Crippen LogP contribution in [-0.4, -0.2) is 57.0 Å². The van der Waals surface area contributed by atoms with Crippen LogP contribution in [0.5, 0.6) is 0 Å². The van der Waals surface area contributed by atoms with E-state index in [1.165, 1.54) is 28.6 Å². The molecule has 1 atom stereocenters. The molecule has 166 valence electrons. The van der Waals surface area contributed by atoms with E-state index in [1.54, 1.807) is 30.3 Å². The largest absolute Gasteiger partial charge is 0.360 e. The summed E-state index contributed by atoms with van der Waals surface area (Å²) in [7, 11) is -3.80. The first-order valence-electron chi connectivity index (χ1n) is 9.87. The van der Waals surface area contributed by atoms with Gasteiger partial charge in [0.05, 0.1) is 18.0 Å². The number of nitrogens with one attached hydrogen (secondary N) is 2. The van der Waals surface area contributed by atoms with Gasteiger partial charge in [0.2, 0.25) is 10.0 Å². The Hall–Kier alpha value is -2.82. The van der Waals surface area contributed by atoms with Gasteiger partial charge in [0, 0.05) is 13.1 Å². The lowest BCUT2D eigenvalue weighted by Gasteiger charge is -2.34. The van der Waals surface area contributed by atoms with Gasteiger partial charge in [-0.15, -0.1) is 0 Å². The molecule has 2 amide bonds. The topological polar surface area (TPSA) is 105 Å². The summed E-state index contributed by atoms with van der Waals surface area (Å²) in [5.74, 6) is -2.07. The van der Waals surface area contributed by atoms with Crippen LogP contribution in [0.25, 0.3) is 0 Å². The van der Waals surface area contributed by atoms with Gasteiger partial charge in [-0.05, 0) is 42.7 Å². The fourth-order valence-electron chi connectivity index (χ4n) is 3.14. The second-order valence-electron chi connectivity index (χ2n) is 6.95. The molecule has 2 N–H and O–H groups in total. The maximum absolute atomic E-state index is 12.9. The molecule has 1 unspecified atom stereocenters. The third-order valence-electron chi connectivity index (χ3n) is 4.76. The molecule has 1 saturated heterocycles. The summed E-state index contributed by atoms with van der Waals surface area (Å²) in [6.45, 7) is 0.648. The van der Waals surface area contributed by atoms with Crippen molar-refractivity contribution >= 4 is 21.8 Å². The van der Waals surface area contributed by atoms with Crippen LogP contribution in [0.4, 0.5) is 4.39 Å². The number of hydrogen-bond donors (Lipinski definition) is 2. The summed E-state index contributed by atoms with van der Waals surface area (Å²) >= 11 is 0. The number of benzene rings is 2. The second-order valence-corrected chi connectivity index (χ2v) is 8.84. The van der Waals surface area contributed by atoms with E-state index in [4.69, 9.17) is 4.74 Å². The molecular formula is C21H24FN3O5S. The molecule has 0 spiro atoms. The average molecular weight is 450 g/mol. The van der Waals surface area contributed by atoms with E-state index in [0.717, 1.165) is 5.56 Å². The van der Waals surface area contributed by atoms with Crippen LogP contribution in [0, 0.1) is 5.82 Å². The molecule has 3 rings (SSSR count). The van der Waals surface area contributed by atoms with Crippen LogP contribution in [0.1, 0.15) is 12.0 Å². The van der Waals surface area contributed by atoms with Crippen LogP contribution in [0.15, 0.2) is 59.5 Å². The Morgan fingerprint density at radius 1 is 1.03 bits per heavy atom. The zero-order chi connectivity index (χ0) is 22.3. The molecule has 1 aliphatic heterocycles. The Bertz CT molecular complexity index is 999. The quantitative estimate of drug-likeness (QED) is 0.615. The van der Waals surface area contributed by atoms with E-state index < -0.39 is 28.1 Å². The Kier molecular flexibility index (Phi) is 7.72. The van der Waals surface area contributed by atoms with Gasteiger partial charge in [-0.1, -0.05) is 30.3 Å². The number of amides is 2. The van der Waals surface area contributed by atoms with E-state index in [-0.39, 0.29) is 30.3 Å². The number of rotatable bonds is 7. The molecule has 0 saturated carbocycles. The van der Waals surface area contributed by atoms with Crippen molar-refractivity contribution in [3.63, 3.8) is 0 Å². The highest BCUT2D eigenvalue weighted by atomic mass is 32.2. The van der Waals surface area contributed by atoms with Crippen LogP contribution in [-0.2, 0) is 30.8 Å². The van der Waals surface area contributed by atoms with E-state index in [2.05, 4.69) is 10.6 Å². The monoisotopic (exact) mass is 449 g/mol. The van der Waals surface area contributed by atoms with Gasteiger partial charge in [0.15, 0.2) is 0 Å². The molecule has 2 aromatic rings. The summed E-state index contributed by atoms with van der Waals surface area (Å²) in [6.07, 6.45) is 0.0593. The van der Waals surface area contributed by atoms with Crippen LogP contribution in [0.2, 0.25) is 0 Å². The highest BCUT2D eigenvalue weighted by Gasteiger charge is 2.34. The first-order valence-corrected chi connectivity index (χ1v) is 11.3. The van der Waals surface area contributed by atoms with Gasteiger partial charge in [0.1, 0.15) is 12.0 Å². The minimum atomic E-state index is -3.80. The summed E-state index contributed by atoms with van der Waals surface area (Å²) in [6, 6.07) is 13.8. The second kappa shape index (κ2) is 10.5. The molecule has 8 nitrogen and oxygen atoms in total. The molecule has 10 heteroatoms. The van der Waals surface area contributed by atoms with Crippen molar-refractivity contribution in [3.05, 3.63) is 66.0 Å². The maximum Gasteiger partial charge on any atom is 0.309 e. The molecule has 31 heavy (non-hydrogen) atoms. The molecule has 1 fully saturated rings. The van der Waals surface area contributed by atoms with Crippen molar-refractivity contribution in [1.82, 2.24) is 14.9 Å². The maximum atomic E-state index is 12.9. The van der Waals surface area contributed by atoms with Gasteiger partial charge in [0.25, 0.3) is 0 Å². The third kappa shape index (κ3) is 6.09. The zero-order valence-electron chi connectivity index (χ0n) is 16.8. The Balaban J connectivity index is 1.51. The first kappa shape index (κ1) is 22.9. The minimum Gasteiger partial charge on any atom is -0.360 e. The van der Waals surface area contributed by atoms with Gasteiger partial charge < -0.3 is 15.4 Å². The highest BCUT2D eigenvalue weighted by molar-refractivity contribution is 7.89. The molecule has 0 bridgehead atoms. The number of halogens is 1. The molecule has 0 radical (unpaired) electrons. The minimum absolute atomic E-state index is 0.135. The fourth-order valence-corrected chi connectivity index (χ4v) is 4.73. The number of ether oxygens (including phenoxy) is 1. The Morgan fingerprint density at radius 2 is 1.71 bits per heavy atom. The van der Waals surface area contributed by atoms with Gasteiger partial charge in [-0.2, -0.15) is 4.31 Å². The van der Waals surface area contributed by atoms with Crippen molar-refractivity contribution < 1.29 is 27.1 Å². The third-order valence-corrected chi connectivity index (χ3v) is 6.66. The van der Waals surface area contributed by atoms with Crippen LogP contribution in [0.3, 0.4) is 0 Å². The summed E-state index contributed by atoms with van der Waals surface area (Å²) in [5.41, 5.74) is 0.819. The lowest BCUT2D eigenvalue weighted by Crippen LogP contribution is -2.53. The SMILES string of the molecule is O=C(NCCc1ccc(F)cc1)C(=O)NCC1OCCCN1S(=O)(=O)c1ccccc1. The highest BCUT2D eigenvalue weighted by Crippen LogP contribution is 2.21. The molecule has 0 aliphatic carbocycles. The van der Waals surface area contributed by atoms with E-state index in [9.17, 15) is 22.4 Å². The van der Waals surface area contributed by atoms with Crippen molar-refractivity contribution in [2.75, 3.05) is 26.2 Å². The van der Waals surface area contributed by atoms with E-state index >= 15 is 0 Å². The lowest BCUT2D eigenvalue weighted by molar-refractivity contribution is -0.140. The predicted octanol–water partition coefficient (Wildman–Crippen LogP) is 1.04. The van der Waals surface area contributed by atoms with Gasteiger partial charge in [-0.3, -0.25) is 9.59 Å². The Morgan fingerprint density at radius 3 is 2.42 bits per heavy atom. The van der Waals surface area contributed by atoms with Gasteiger partial charge >= 0.3 is 11.8 Å². The van der Waals surface area contributed by atoms with Crippen molar-refractivity contribution in [2.24, 2.45) is 0 Å². The predicted molar refractivity (Wildman–Crippen MR) is 111 cm³/mol. The average Bonchev–Trinajstić information content (AvgIpc) is 2.79. The number of carbonyl (C=O) groups excluding carboxylic acids is 2. The normalized spacial score (nSPS) is 17.1. The summed E-state index contributed by atoms with van der Waals surface area (Å²) in [4.78, 5) is 24.2. The molecule has 0 aromatic heterocycles. The van der Waals surface area contributed by atoms with E-state index in [1.807, 2.05) is 0 Å². The number of nitrogens with zero attached hydrogens (tertiary/aromatic N) is 1. The molecular weight excluding hydrogens is 425 g/mol. The smallest absolute Gasteiger partial charge is 0.309 e. The van der Waals surface area contributed by atoms with Crippen LogP contribution < -0.4 is 10.6 Å². The fraction of sp³-hybridized carbons (Fsp3) is 0.333. The molecule has 1 heterocycles. The van der Waals surface area contributed by atoms with Crippen LogP contribution >= 0.6 is 0 Å². The van der Waals surface area contributed by atoms with E-state index in [0.29, 0.717) is 19.4 Å². The molecule has 1 aliphatic rings. The first-order chi connectivity index (χ1) is 14.9. The van der Waals surface area contributed by atoms with Crippen molar-refractivity contribution in [3.8, 4) is 0 Å². The number of carbonyl (C=O) groups is 2. The summed E-state index contributed by atoms with van der Waals surface area (Å²) in [5, 5.41) is 4.91. The lowest BCUT2D eigenvalue weighted by atomic mass is 10.1. The van der Waals surface area contributed by atoms with Crippen molar-refractivity contribution in [1.29, 1.82) is 0 Å².